The number of aryl methyl sites for hydroxylation is 2. The van der Waals surface area contributed by atoms with E-state index in [2.05, 4.69) is 20.0 Å². The Bertz CT molecular complexity index is 1230. The molecule has 0 spiro atoms. The van der Waals surface area contributed by atoms with Crippen molar-refractivity contribution >= 4 is 16.9 Å². The summed E-state index contributed by atoms with van der Waals surface area (Å²) in [6.07, 6.45) is 4.47. The van der Waals surface area contributed by atoms with Crippen molar-refractivity contribution < 1.29 is 9.13 Å². The average Bonchev–Trinajstić information content (AvgIpc) is 3.21. The van der Waals surface area contributed by atoms with Gasteiger partial charge in [0.05, 0.1) is 24.4 Å². The maximum absolute atomic E-state index is 14.4. The fourth-order valence-corrected chi connectivity index (χ4v) is 3.80. The van der Waals surface area contributed by atoms with Crippen molar-refractivity contribution in [2.45, 2.75) is 6.42 Å². The molecule has 0 unspecified atom stereocenters. The van der Waals surface area contributed by atoms with Crippen LogP contribution in [-0.2, 0) is 14.1 Å². The van der Waals surface area contributed by atoms with E-state index in [9.17, 15) is 4.39 Å². The standard InChI is InChI=1S/C20H20FN7O/c1-26-18(12-5-6-15(29-3)14(21)9-12)13(10-24-26)17-16-19(27(2)25-17)22-11-23-20(16)28-7-4-8-28/h5-6,9-11H,4,7-8H2,1-3H3. The first-order valence-electron chi connectivity index (χ1n) is 9.37. The number of nitrogens with zero attached hydrogens (tertiary/aromatic N) is 7. The Morgan fingerprint density at radius 1 is 1.10 bits per heavy atom. The first kappa shape index (κ1) is 17.6. The number of anilines is 1. The molecule has 1 aliphatic heterocycles. The predicted molar refractivity (Wildman–Crippen MR) is 107 cm³/mol. The number of benzene rings is 1. The minimum absolute atomic E-state index is 0.203. The number of hydrogen-bond donors (Lipinski definition) is 0. The van der Waals surface area contributed by atoms with E-state index in [1.54, 1.807) is 28.0 Å². The van der Waals surface area contributed by atoms with Crippen LogP contribution in [0.25, 0.3) is 33.5 Å². The quantitative estimate of drug-likeness (QED) is 0.531. The van der Waals surface area contributed by atoms with Crippen LogP contribution in [0.2, 0.25) is 0 Å². The zero-order valence-corrected chi connectivity index (χ0v) is 16.4. The second-order valence-corrected chi connectivity index (χ2v) is 7.09. The maximum atomic E-state index is 14.4. The molecule has 9 heteroatoms. The zero-order valence-electron chi connectivity index (χ0n) is 16.4. The summed E-state index contributed by atoms with van der Waals surface area (Å²) < 4.78 is 22.9. The van der Waals surface area contributed by atoms with Crippen LogP contribution in [0.15, 0.2) is 30.7 Å². The number of halogens is 1. The molecule has 0 atom stereocenters. The first-order chi connectivity index (χ1) is 14.1. The highest BCUT2D eigenvalue weighted by atomic mass is 19.1. The normalized spacial score (nSPS) is 13.7. The molecular weight excluding hydrogens is 373 g/mol. The van der Waals surface area contributed by atoms with Gasteiger partial charge in [-0.15, -0.1) is 0 Å². The Morgan fingerprint density at radius 3 is 2.62 bits per heavy atom. The molecule has 148 valence electrons. The molecule has 0 radical (unpaired) electrons. The number of aromatic nitrogens is 6. The number of ether oxygens (including phenoxy) is 1. The molecule has 0 N–H and O–H groups in total. The smallest absolute Gasteiger partial charge is 0.165 e. The SMILES string of the molecule is COc1ccc(-c2c(-c3nn(C)c4ncnc(N5CCC5)c34)cnn2C)cc1F. The van der Waals surface area contributed by atoms with Crippen molar-refractivity contribution in [2.75, 3.05) is 25.1 Å². The van der Waals surface area contributed by atoms with Crippen LogP contribution < -0.4 is 9.64 Å². The summed E-state index contributed by atoms with van der Waals surface area (Å²) in [5.74, 6) is 0.655. The third-order valence-corrected chi connectivity index (χ3v) is 5.38. The molecule has 0 amide bonds. The lowest BCUT2D eigenvalue weighted by Gasteiger charge is -2.32. The van der Waals surface area contributed by atoms with Crippen LogP contribution in [0.1, 0.15) is 6.42 Å². The van der Waals surface area contributed by atoms with Crippen molar-refractivity contribution in [3.8, 4) is 28.3 Å². The van der Waals surface area contributed by atoms with E-state index in [1.807, 2.05) is 20.2 Å². The average molecular weight is 393 g/mol. The van der Waals surface area contributed by atoms with E-state index >= 15 is 0 Å². The van der Waals surface area contributed by atoms with Crippen LogP contribution in [0.3, 0.4) is 0 Å². The highest BCUT2D eigenvalue weighted by Gasteiger charge is 2.26. The number of methoxy groups -OCH3 is 1. The van der Waals surface area contributed by atoms with Crippen molar-refractivity contribution in [3.63, 3.8) is 0 Å². The van der Waals surface area contributed by atoms with Gasteiger partial charge in [-0.1, -0.05) is 0 Å². The van der Waals surface area contributed by atoms with Crippen LogP contribution in [0.4, 0.5) is 10.2 Å². The Balaban J connectivity index is 1.74. The van der Waals surface area contributed by atoms with Crippen LogP contribution in [-0.4, -0.2) is 49.7 Å². The van der Waals surface area contributed by atoms with Gasteiger partial charge in [-0.25, -0.2) is 19.0 Å². The van der Waals surface area contributed by atoms with Gasteiger partial charge in [0.1, 0.15) is 17.8 Å². The van der Waals surface area contributed by atoms with Gasteiger partial charge in [0, 0.05) is 38.3 Å². The van der Waals surface area contributed by atoms with Gasteiger partial charge < -0.3 is 9.64 Å². The highest BCUT2D eigenvalue weighted by molar-refractivity contribution is 6.02. The summed E-state index contributed by atoms with van der Waals surface area (Å²) in [4.78, 5) is 11.2. The molecule has 4 aromatic rings. The Kier molecular flexibility index (Phi) is 3.97. The lowest BCUT2D eigenvalue weighted by Crippen LogP contribution is -2.37. The predicted octanol–water partition coefficient (Wildman–Crippen LogP) is 2.79. The van der Waals surface area contributed by atoms with Crippen LogP contribution >= 0.6 is 0 Å². The minimum atomic E-state index is -0.423. The zero-order chi connectivity index (χ0) is 20.1. The third-order valence-electron chi connectivity index (χ3n) is 5.38. The fourth-order valence-electron chi connectivity index (χ4n) is 3.80. The van der Waals surface area contributed by atoms with E-state index in [-0.39, 0.29) is 5.75 Å². The molecule has 4 heterocycles. The molecule has 0 saturated carbocycles. The van der Waals surface area contributed by atoms with Crippen molar-refractivity contribution in [3.05, 3.63) is 36.5 Å². The van der Waals surface area contributed by atoms with E-state index in [1.165, 1.54) is 13.2 Å². The second kappa shape index (κ2) is 6.54. The molecule has 3 aromatic heterocycles. The number of hydrogen-bond acceptors (Lipinski definition) is 6. The van der Waals surface area contributed by atoms with Gasteiger partial charge >= 0.3 is 0 Å². The van der Waals surface area contributed by atoms with Gasteiger partial charge in [0.15, 0.2) is 17.2 Å². The molecule has 1 fully saturated rings. The van der Waals surface area contributed by atoms with Crippen LogP contribution in [0.5, 0.6) is 5.75 Å². The summed E-state index contributed by atoms with van der Waals surface area (Å²) in [7, 11) is 5.14. The summed E-state index contributed by atoms with van der Waals surface area (Å²) in [6, 6.07) is 4.89. The van der Waals surface area contributed by atoms with E-state index in [4.69, 9.17) is 9.84 Å². The van der Waals surface area contributed by atoms with Crippen molar-refractivity contribution in [1.82, 2.24) is 29.5 Å². The molecule has 1 saturated heterocycles. The van der Waals surface area contributed by atoms with Gasteiger partial charge in [0.25, 0.3) is 0 Å². The number of fused-ring (bicyclic) bond motifs is 1. The Morgan fingerprint density at radius 2 is 1.93 bits per heavy atom. The Hall–Kier alpha value is -3.49. The largest absolute Gasteiger partial charge is 0.494 e. The maximum Gasteiger partial charge on any atom is 0.165 e. The van der Waals surface area contributed by atoms with Gasteiger partial charge in [0.2, 0.25) is 0 Å². The van der Waals surface area contributed by atoms with E-state index in [0.717, 1.165) is 53.3 Å². The lowest BCUT2D eigenvalue weighted by molar-refractivity contribution is 0.386. The summed E-state index contributed by atoms with van der Waals surface area (Å²) in [5.41, 5.74) is 3.76. The summed E-state index contributed by atoms with van der Waals surface area (Å²) in [5, 5.41) is 10.0. The molecule has 5 rings (SSSR count). The van der Waals surface area contributed by atoms with Crippen LogP contribution in [0, 0.1) is 5.82 Å². The fraction of sp³-hybridized carbons (Fsp3) is 0.300. The molecular formula is C20H20FN7O. The second-order valence-electron chi connectivity index (χ2n) is 7.09. The van der Waals surface area contributed by atoms with E-state index < -0.39 is 5.82 Å². The molecule has 0 aliphatic carbocycles. The molecule has 8 nitrogen and oxygen atoms in total. The molecule has 1 aromatic carbocycles. The Labute approximate surface area is 166 Å². The molecule has 0 bridgehead atoms. The highest BCUT2D eigenvalue weighted by Crippen LogP contribution is 2.39. The lowest BCUT2D eigenvalue weighted by atomic mass is 10.0. The van der Waals surface area contributed by atoms with Crippen molar-refractivity contribution in [1.29, 1.82) is 0 Å². The first-order valence-corrected chi connectivity index (χ1v) is 9.37. The van der Waals surface area contributed by atoms with E-state index in [0.29, 0.717) is 5.56 Å². The molecule has 1 aliphatic rings. The summed E-state index contributed by atoms with van der Waals surface area (Å²) in [6.45, 7) is 1.92. The number of rotatable bonds is 4. The van der Waals surface area contributed by atoms with Gasteiger partial charge in [-0.3, -0.25) is 4.68 Å². The minimum Gasteiger partial charge on any atom is -0.494 e. The van der Waals surface area contributed by atoms with Gasteiger partial charge in [-0.2, -0.15) is 10.2 Å². The monoisotopic (exact) mass is 393 g/mol. The van der Waals surface area contributed by atoms with Crippen molar-refractivity contribution in [2.24, 2.45) is 14.1 Å². The van der Waals surface area contributed by atoms with Gasteiger partial charge in [-0.05, 0) is 24.6 Å². The summed E-state index contributed by atoms with van der Waals surface area (Å²) >= 11 is 0. The topological polar surface area (TPSA) is 73.9 Å². The third kappa shape index (κ3) is 2.65. The molecule has 29 heavy (non-hydrogen) atoms.